The van der Waals surface area contributed by atoms with Gasteiger partial charge in [0.2, 0.25) is 5.82 Å². The quantitative estimate of drug-likeness (QED) is 0.0593. The number of benzene rings is 4. The number of fused-ring (bicyclic) bond motifs is 4. The molecule has 3 fully saturated rings. The van der Waals surface area contributed by atoms with Gasteiger partial charge in [-0.1, -0.05) is 38.0 Å². The molecule has 0 aliphatic carbocycles. The van der Waals surface area contributed by atoms with Gasteiger partial charge in [0.1, 0.15) is 46.1 Å². The van der Waals surface area contributed by atoms with E-state index in [2.05, 4.69) is 41.2 Å². The molecule has 20 heteroatoms. The number of amides is 1. The molecule has 4 aromatic carbocycles. The zero-order valence-electron chi connectivity index (χ0n) is 38.6. The number of piperazine rings is 1. The number of hydrogen-bond acceptors (Lipinski definition) is 13. The van der Waals surface area contributed by atoms with Gasteiger partial charge in [0.15, 0.2) is 11.6 Å². The number of likely N-dealkylation sites (tertiary alicyclic amines) is 1. The van der Waals surface area contributed by atoms with E-state index in [4.69, 9.17) is 16.1 Å². The summed E-state index contributed by atoms with van der Waals surface area (Å²) in [5.74, 6) is -1.13. The average molecular weight is 975 g/mol. The molecular formula is C51H47F5N10O5. The highest BCUT2D eigenvalue weighted by Gasteiger charge is 2.39. The Morgan fingerprint density at radius 2 is 1.66 bits per heavy atom. The molecule has 6 heterocycles. The van der Waals surface area contributed by atoms with Gasteiger partial charge in [-0.15, -0.1) is 16.6 Å². The molecule has 1 amide bonds. The lowest BCUT2D eigenvalue weighted by molar-refractivity contribution is -0.149. The third kappa shape index (κ3) is 8.95. The number of halogens is 5. The first-order valence-corrected chi connectivity index (χ1v) is 23.1. The normalized spacial score (nSPS) is 17.7. The Bertz CT molecular complexity index is 3270. The van der Waals surface area contributed by atoms with E-state index in [9.17, 15) is 33.3 Å². The third-order valence-corrected chi connectivity index (χ3v) is 13.4. The summed E-state index contributed by atoms with van der Waals surface area (Å²) in [6.07, 6.45) is 4.48. The van der Waals surface area contributed by atoms with Crippen molar-refractivity contribution < 1.29 is 46.8 Å². The van der Waals surface area contributed by atoms with Crippen molar-refractivity contribution in [3.63, 3.8) is 0 Å². The number of hydrogen-bond donors (Lipinski definition) is 5. The summed E-state index contributed by atoms with van der Waals surface area (Å²) in [5.41, 5.74) is 1.54. The van der Waals surface area contributed by atoms with Crippen LogP contribution in [0.15, 0.2) is 66.9 Å². The lowest BCUT2D eigenvalue weighted by Crippen LogP contribution is -2.51. The maximum Gasteiger partial charge on any atom is 0.408 e. The lowest BCUT2D eigenvalue weighted by Gasteiger charge is -2.39. The highest BCUT2D eigenvalue weighted by atomic mass is 19.4. The molecule has 71 heavy (non-hydrogen) atoms. The van der Waals surface area contributed by atoms with Crippen LogP contribution in [0.3, 0.4) is 0 Å². The van der Waals surface area contributed by atoms with E-state index in [0.717, 1.165) is 31.4 Å². The number of anilines is 1. The van der Waals surface area contributed by atoms with Crippen molar-refractivity contribution in [1.29, 1.82) is 0 Å². The number of nitrogens with zero attached hydrogens (tertiary/aromatic N) is 8. The number of carbonyl (C=O) groups is 1. The summed E-state index contributed by atoms with van der Waals surface area (Å²) >= 11 is 0. The molecule has 0 saturated carbocycles. The SMILES string of the molecule is C#Cc1c(F)ccc2cc(O)cc(-c3ncc4c(N5CC6CCC(C5)N6)nc(OCC5CN(Cc6ccc(-n7c(C(=O)NC(C)C(F)(F)F)nnc7-c7cc(C(C)C)c(O)cc7O)cc6)C5)nc4c3F)c12. The van der Waals surface area contributed by atoms with E-state index in [1.165, 1.54) is 41.1 Å². The van der Waals surface area contributed by atoms with Crippen LogP contribution in [0.2, 0.25) is 0 Å². The predicted octanol–water partition coefficient (Wildman–Crippen LogP) is 7.72. The van der Waals surface area contributed by atoms with Gasteiger partial charge in [0.05, 0.1) is 23.1 Å². The summed E-state index contributed by atoms with van der Waals surface area (Å²) in [5, 5.41) is 46.7. The smallest absolute Gasteiger partial charge is 0.408 e. The molecule has 5 N–H and O–H groups in total. The molecule has 3 atom stereocenters. The van der Waals surface area contributed by atoms with Gasteiger partial charge in [0.25, 0.3) is 5.91 Å². The number of carbonyl (C=O) groups excluding carboxylic acids is 1. The molecule has 366 valence electrons. The number of pyridine rings is 1. The second-order valence-corrected chi connectivity index (χ2v) is 18.8. The molecule has 0 spiro atoms. The van der Waals surface area contributed by atoms with Crippen LogP contribution < -0.4 is 20.3 Å². The standard InChI is InChI=1S/C51H47F5N10O5/c1-5-34-39(52)13-8-29-14-33(67)15-37(42(29)34)44-43(53)45-38(18-57-44)46(65-22-30-9-10-31(23-65)59-30)61-50(60-45)71-24-28-20-64(21-28)19-27-6-11-32(12-7-27)66-47(36-16-35(25(2)3)40(68)17-41(36)69)62-63-48(66)49(70)58-26(4)51(54,55)56/h1,6-8,11-18,25-26,28,30-31,59,67-69H,9-10,19-24H2,2-4H3,(H,58,70). The monoisotopic (exact) mass is 974 g/mol. The average Bonchev–Trinajstić information content (AvgIpc) is 3.91. The Labute approximate surface area is 403 Å². The molecule has 3 aliphatic heterocycles. The molecule has 0 radical (unpaired) electrons. The molecule has 7 aromatic rings. The van der Waals surface area contributed by atoms with Crippen LogP contribution in [0.4, 0.5) is 27.8 Å². The summed E-state index contributed by atoms with van der Waals surface area (Å²) < 4.78 is 80.0. The van der Waals surface area contributed by atoms with Crippen molar-refractivity contribution in [1.82, 2.24) is 45.2 Å². The summed E-state index contributed by atoms with van der Waals surface area (Å²) in [7, 11) is 0. The van der Waals surface area contributed by atoms with Gasteiger partial charge in [-0.25, -0.2) is 8.78 Å². The molecule has 15 nitrogen and oxygen atoms in total. The number of alkyl halides is 3. The number of phenols is 3. The molecule has 3 unspecified atom stereocenters. The van der Waals surface area contributed by atoms with Crippen LogP contribution in [0.5, 0.6) is 23.3 Å². The number of phenolic OH excluding ortho intramolecular Hbond substituents is 3. The summed E-state index contributed by atoms with van der Waals surface area (Å²) in [6.45, 7) is 7.70. The van der Waals surface area contributed by atoms with E-state index in [0.29, 0.717) is 60.6 Å². The van der Waals surface area contributed by atoms with E-state index in [1.807, 2.05) is 19.2 Å². The fraction of sp³-hybridized carbons (Fsp3) is 0.333. The number of aromatic hydroxyl groups is 3. The van der Waals surface area contributed by atoms with Crippen LogP contribution in [0.1, 0.15) is 66.8 Å². The van der Waals surface area contributed by atoms with Crippen LogP contribution in [0.25, 0.3) is 50.0 Å². The predicted molar refractivity (Wildman–Crippen MR) is 253 cm³/mol. The molecule has 3 aromatic heterocycles. The Hall–Kier alpha value is -7.63. The van der Waals surface area contributed by atoms with Crippen LogP contribution in [-0.4, -0.2) is 113 Å². The highest BCUT2D eigenvalue weighted by molar-refractivity contribution is 6.03. The topological polar surface area (TPSA) is 187 Å². The van der Waals surface area contributed by atoms with E-state index in [1.54, 1.807) is 24.3 Å². The van der Waals surface area contributed by atoms with Gasteiger partial charge >= 0.3 is 12.2 Å². The van der Waals surface area contributed by atoms with Crippen molar-refractivity contribution in [3.8, 4) is 63.9 Å². The molecule has 2 bridgehead atoms. The Morgan fingerprint density at radius 3 is 2.35 bits per heavy atom. The Morgan fingerprint density at radius 1 is 0.930 bits per heavy atom. The first-order chi connectivity index (χ1) is 33.9. The van der Waals surface area contributed by atoms with Crippen molar-refractivity contribution in [2.45, 2.75) is 70.4 Å². The molecular weight excluding hydrogens is 928 g/mol. The highest BCUT2D eigenvalue weighted by Crippen LogP contribution is 2.41. The van der Waals surface area contributed by atoms with E-state index in [-0.39, 0.29) is 92.9 Å². The second kappa shape index (κ2) is 18.3. The minimum absolute atomic E-state index is 0.0320. The maximum atomic E-state index is 17.0. The molecule has 3 aliphatic rings. The number of rotatable bonds is 12. The first kappa shape index (κ1) is 47.1. The number of terminal acetylenes is 1. The van der Waals surface area contributed by atoms with Crippen LogP contribution in [-0.2, 0) is 6.54 Å². The summed E-state index contributed by atoms with van der Waals surface area (Å²) in [6, 6.07) is 13.2. The maximum absolute atomic E-state index is 17.0. The van der Waals surface area contributed by atoms with E-state index < -0.39 is 35.6 Å². The van der Waals surface area contributed by atoms with E-state index >= 15 is 8.78 Å². The van der Waals surface area contributed by atoms with Crippen molar-refractivity contribution in [2.24, 2.45) is 5.92 Å². The van der Waals surface area contributed by atoms with Gasteiger partial charge < -0.3 is 35.6 Å². The minimum atomic E-state index is -4.72. The lowest BCUT2D eigenvalue weighted by atomic mass is 9.96. The van der Waals surface area contributed by atoms with Gasteiger partial charge in [-0.05, 0) is 78.6 Å². The van der Waals surface area contributed by atoms with Crippen LogP contribution in [0, 0.1) is 29.9 Å². The van der Waals surface area contributed by atoms with Crippen LogP contribution >= 0.6 is 0 Å². The second-order valence-electron chi connectivity index (χ2n) is 18.8. The van der Waals surface area contributed by atoms with Gasteiger partial charge in [-0.3, -0.25) is 19.2 Å². The van der Waals surface area contributed by atoms with Crippen molar-refractivity contribution >= 4 is 33.4 Å². The van der Waals surface area contributed by atoms with Gasteiger partial charge in [-0.2, -0.15) is 23.1 Å². The van der Waals surface area contributed by atoms with Gasteiger partial charge in [0, 0.05) is 79.6 Å². The zero-order chi connectivity index (χ0) is 50.0. The first-order valence-electron chi connectivity index (χ1n) is 23.1. The zero-order valence-corrected chi connectivity index (χ0v) is 38.6. The van der Waals surface area contributed by atoms with Crippen molar-refractivity contribution in [3.05, 3.63) is 101 Å². The largest absolute Gasteiger partial charge is 0.508 e. The fourth-order valence-corrected chi connectivity index (χ4v) is 9.78. The number of ether oxygens (including phenoxy) is 1. The van der Waals surface area contributed by atoms with Crippen molar-refractivity contribution in [2.75, 3.05) is 37.7 Å². The summed E-state index contributed by atoms with van der Waals surface area (Å²) in [4.78, 5) is 31.5. The fourth-order valence-electron chi connectivity index (χ4n) is 9.78. The number of aromatic nitrogens is 6. The molecule has 10 rings (SSSR count). The number of nitrogens with one attached hydrogen (secondary N) is 2. The third-order valence-electron chi connectivity index (χ3n) is 13.4. The Balaban J connectivity index is 0.884. The molecule has 3 saturated heterocycles. The Kier molecular flexibility index (Phi) is 12.1. The minimum Gasteiger partial charge on any atom is -0.508 e.